The molecule has 1 aromatic carbocycles. The summed E-state index contributed by atoms with van der Waals surface area (Å²) < 4.78 is 5.18. The van der Waals surface area contributed by atoms with E-state index in [0.29, 0.717) is 11.3 Å². The summed E-state index contributed by atoms with van der Waals surface area (Å²) in [6, 6.07) is 9.54. The third-order valence-corrected chi connectivity index (χ3v) is 4.33. The SMILES string of the molecule is COc1ccc(C2CCCN2C(=O)c2cc(C(C)=O)c[nH]2)cc1. The predicted octanol–water partition coefficient (Wildman–Crippen LogP) is 3.20. The first-order chi connectivity index (χ1) is 11.1. The maximum Gasteiger partial charge on any atom is 0.270 e. The average Bonchev–Trinajstić information content (AvgIpc) is 3.23. The summed E-state index contributed by atoms with van der Waals surface area (Å²) in [4.78, 5) is 28.9. The molecule has 0 spiro atoms. The summed E-state index contributed by atoms with van der Waals surface area (Å²) >= 11 is 0. The second-order valence-electron chi connectivity index (χ2n) is 5.79. The molecule has 0 aliphatic carbocycles. The van der Waals surface area contributed by atoms with E-state index in [9.17, 15) is 9.59 Å². The van der Waals surface area contributed by atoms with E-state index in [1.54, 1.807) is 19.4 Å². The minimum atomic E-state index is -0.0594. The van der Waals surface area contributed by atoms with E-state index in [1.807, 2.05) is 29.2 Å². The van der Waals surface area contributed by atoms with Crippen LogP contribution in [0.2, 0.25) is 0 Å². The number of H-pyrrole nitrogens is 1. The van der Waals surface area contributed by atoms with Crippen LogP contribution in [0.15, 0.2) is 36.5 Å². The Balaban J connectivity index is 1.82. The number of ketones is 1. The summed E-state index contributed by atoms with van der Waals surface area (Å²) in [5.41, 5.74) is 2.11. The van der Waals surface area contributed by atoms with Crippen molar-refractivity contribution in [1.82, 2.24) is 9.88 Å². The molecule has 1 saturated heterocycles. The molecule has 1 aliphatic rings. The quantitative estimate of drug-likeness (QED) is 0.882. The molecule has 3 rings (SSSR count). The molecule has 1 unspecified atom stereocenters. The monoisotopic (exact) mass is 312 g/mol. The highest BCUT2D eigenvalue weighted by Gasteiger charge is 2.31. The number of hydrogen-bond donors (Lipinski definition) is 1. The van der Waals surface area contributed by atoms with Gasteiger partial charge in [-0.25, -0.2) is 0 Å². The number of methoxy groups -OCH3 is 1. The topological polar surface area (TPSA) is 62.4 Å². The van der Waals surface area contributed by atoms with Crippen molar-refractivity contribution in [3.05, 3.63) is 53.3 Å². The minimum absolute atomic E-state index is 0.0478. The van der Waals surface area contributed by atoms with Crippen LogP contribution in [0.3, 0.4) is 0 Å². The first-order valence-electron chi connectivity index (χ1n) is 7.74. The van der Waals surface area contributed by atoms with Gasteiger partial charge >= 0.3 is 0 Å². The highest BCUT2D eigenvalue weighted by Crippen LogP contribution is 2.33. The van der Waals surface area contributed by atoms with E-state index in [0.717, 1.165) is 30.7 Å². The minimum Gasteiger partial charge on any atom is -0.497 e. The van der Waals surface area contributed by atoms with Crippen LogP contribution in [-0.4, -0.2) is 35.2 Å². The number of benzene rings is 1. The van der Waals surface area contributed by atoms with Crippen LogP contribution >= 0.6 is 0 Å². The highest BCUT2D eigenvalue weighted by molar-refractivity contribution is 5.99. The van der Waals surface area contributed by atoms with E-state index in [4.69, 9.17) is 4.74 Å². The van der Waals surface area contributed by atoms with E-state index < -0.39 is 0 Å². The zero-order chi connectivity index (χ0) is 16.4. The molecule has 1 fully saturated rings. The Bertz CT molecular complexity index is 718. The Kier molecular flexibility index (Phi) is 4.19. The highest BCUT2D eigenvalue weighted by atomic mass is 16.5. The Morgan fingerprint density at radius 2 is 2.00 bits per heavy atom. The fourth-order valence-electron chi connectivity index (χ4n) is 3.06. The molecular weight excluding hydrogens is 292 g/mol. The number of hydrogen-bond acceptors (Lipinski definition) is 3. The molecule has 23 heavy (non-hydrogen) atoms. The van der Waals surface area contributed by atoms with E-state index in [1.165, 1.54) is 6.92 Å². The smallest absolute Gasteiger partial charge is 0.270 e. The van der Waals surface area contributed by atoms with Gasteiger partial charge < -0.3 is 14.6 Å². The van der Waals surface area contributed by atoms with Crippen LogP contribution in [0, 0.1) is 0 Å². The number of carbonyl (C=O) groups excluding carboxylic acids is 2. The van der Waals surface area contributed by atoms with Crippen molar-refractivity contribution in [2.24, 2.45) is 0 Å². The van der Waals surface area contributed by atoms with Crippen molar-refractivity contribution in [2.45, 2.75) is 25.8 Å². The number of amides is 1. The van der Waals surface area contributed by atoms with Gasteiger partial charge in [0.2, 0.25) is 0 Å². The molecule has 1 N–H and O–H groups in total. The summed E-state index contributed by atoms with van der Waals surface area (Å²) in [6.07, 6.45) is 3.51. The summed E-state index contributed by atoms with van der Waals surface area (Å²) in [5, 5.41) is 0. The third kappa shape index (κ3) is 2.99. The lowest BCUT2D eigenvalue weighted by Crippen LogP contribution is -2.30. The Morgan fingerprint density at radius 1 is 1.26 bits per heavy atom. The normalized spacial score (nSPS) is 17.3. The van der Waals surface area contributed by atoms with Crippen LogP contribution < -0.4 is 4.74 Å². The van der Waals surface area contributed by atoms with Crippen molar-refractivity contribution < 1.29 is 14.3 Å². The Labute approximate surface area is 135 Å². The maximum atomic E-state index is 12.7. The largest absolute Gasteiger partial charge is 0.497 e. The summed E-state index contributed by atoms with van der Waals surface area (Å²) in [7, 11) is 1.64. The van der Waals surface area contributed by atoms with Crippen molar-refractivity contribution in [1.29, 1.82) is 0 Å². The van der Waals surface area contributed by atoms with Crippen LogP contribution in [0.25, 0.3) is 0 Å². The van der Waals surface area contributed by atoms with Gasteiger partial charge in [-0.15, -0.1) is 0 Å². The standard InChI is InChI=1S/C18H20N2O3/c1-12(21)14-10-16(19-11-14)18(22)20-9-3-4-17(20)13-5-7-15(23-2)8-6-13/h5-8,10-11,17,19H,3-4,9H2,1-2H3. The third-order valence-electron chi connectivity index (χ3n) is 4.33. The van der Waals surface area contributed by atoms with Crippen LogP contribution in [0.4, 0.5) is 0 Å². The molecule has 0 radical (unpaired) electrons. The number of carbonyl (C=O) groups is 2. The van der Waals surface area contributed by atoms with Gasteiger partial charge in [0.1, 0.15) is 11.4 Å². The summed E-state index contributed by atoms with van der Waals surface area (Å²) in [5.74, 6) is 0.698. The molecule has 2 heterocycles. The fourth-order valence-corrected chi connectivity index (χ4v) is 3.06. The van der Waals surface area contributed by atoms with Gasteiger partial charge in [-0.1, -0.05) is 12.1 Å². The Morgan fingerprint density at radius 3 is 2.61 bits per heavy atom. The first kappa shape index (κ1) is 15.3. The van der Waals surface area contributed by atoms with Gasteiger partial charge in [0.05, 0.1) is 13.2 Å². The lowest BCUT2D eigenvalue weighted by atomic mass is 10.0. The molecule has 0 bridgehead atoms. The van der Waals surface area contributed by atoms with Gasteiger partial charge in [-0.2, -0.15) is 0 Å². The fraction of sp³-hybridized carbons (Fsp3) is 0.333. The number of likely N-dealkylation sites (tertiary alicyclic amines) is 1. The second-order valence-corrected chi connectivity index (χ2v) is 5.79. The molecular formula is C18H20N2O3. The average molecular weight is 312 g/mol. The molecule has 1 aliphatic heterocycles. The van der Waals surface area contributed by atoms with Gasteiger partial charge in [0, 0.05) is 18.3 Å². The predicted molar refractivity (Wildman–Crippen MR) is 86.8 cm³/mol. The maximum absolute atomic E-state index is 12.7. The van der Waals surface area contributed by atoms with E-state index >= 15 is 0 Å². The van der Waals surface area contributed by atoms with Crippen molar-refractivity contribution in [3.8, 4) is 5.75 Å². The zero-order valence-electron chi connectivity index (χ0n) is 13.3. The molecule has 1 atom stereocenters. The van der Waals surface area contributed by atoms with Gasteiger partial charge in [-0.05, 0) is 43.5 Å². The van der Waals surface area contributed by atoms with E-state index in [2.05, 4.69) is 4.98 Å². The molecule has 2 aromatic rings. The first-order valence-corrected chi connectivity index (χ1v) is 7.74. The molecule has 5 nitrogen and oxygen atoms in total. The number of ether oxygens (including phenoxy) is 1. The van der Waals surface area contributed by atoms with Crippen LogP contribution in [-0.2, 0) is 0 Å². The van der Waals surface area contributed by atoms with Gasteiger partial charge in [0.15, 0.2) is 5.78 Å². The number of rotatable bonds is 4. The molecule has 1 amide bonds. The number of aromatic amines is 1. The van der Waals surface area contributed by atoms with Crippen molar-refractivity contribution >= 4 is 11.7 Å². The molecule has 0 saturated carbocycles. The Hall–Kier alpha value is -2.56. The van der Waals surface area contributed by atoms with Crippen LogP contribution in [0.1, 0.15) is 52.2 Å². The molecule has 1 aromatic heterocycles. The number of nitrogens with zero attached hydrogens (tertiary/aromatic N) is 1. The lowest BCUT2D eigenvalue weighted by molar-refractivity contribution is 0.0730. The van der Waals surface area contributed by atoms with E-state index in [-0.39, 0.29) is 17.7 Å². The number of Topliss-reactive ketones (excluding diaryl/α,β-unsaturated/α-hetero) is 1. The summed E-state index contributed by atoms with van der Waals surface area (Å²) in [6.45, 7) is 2.22. The lowest BCUT2D eigenvalue weighted by Gasteiger charge is -2.24. The van der Waals surface area contributed by atoms with Gasteiger partial charge in [-0.3, -0.25) is 9.59 Å². The van der Waals surface area contributed by atoms with Crippen LogP contribution in [0.5, 0.6) is 5.75 Å². The van der Waals surface area contributed by atoms with Crippen molar-refractivity contribution in [3.63, 3.8) is 0 Å². The van der Waals surface area contributed by atoms with Gasteiger partial charge in [0.25, 0.3) is 5.91 Å². The number of nitrogens with one attached hydrogen (secondary N) is 1. The van der Waals surface area contributed by atoms with Crippen molar-refractivity contribution in [2.75, 3.05) is 13.7 Å². The second kappa shape index (κ2) is 6.28. The molecule has 120 valence electrons. The zero-order valence-corrected chi connectivity index (χ0v) is 13.3. The number of aromatic nitrogens is 1. The molecule has 5 heteroatoms.